The van der Waals surface area contributed by atoms with E-state index in [0.29, 0.717) is 0 Å². The Morgan fingerprint density at radius 1 is 1.20 bits per heavy atom. The van der Waals surface area contributed by atoms with Gasteiger partial charge in [0.25, 0.3) is 0 Å². The highest BCUT2D eigenvalue weighted by Gasteiger charge is 2.08. The maximum Gasteiger partial charge on any atom is 0.0783 e. The number of hydrogen-bond donors (Lipinski definition) is 1. The van der Waals surface area contributed by atoms with Gasteiger partial charge >= 0.3 is 0 Å². The number of fused-ring (bicyclic) bond motifs is 1. The smallest absolute Gasteiger partial charge is 0.0783 e. The number of benzene rings is 1. The van der Waals surface area contributed by atoms with Crippen LogP contribution in [0.1, 0.15) is 29.8 Å². The van der Waals surface area contributed by atoms with Crippen molar-refractivity contribution in [2.24, 2.45) is 0 Å². The first-order valence-corrected chi connectivity index (χ1v) is 5.14. The summed E-state index contributed by atoms with van der Waals surface area (Å²) in [6.07, 6.45) is -0.471. The van der Waals surface area contributed by atoms with Crippen LogP contribution < -0.4 is 0 Å². The fourth-order valence-electron chi connectivity index (χ4n) is 1.83. The molecule has 0 bridgehead atoms. The Balaban J connectivity index is 2.81. The van der Waals surface area contributed by atoms with Crippen molar-refractivity contribution in [3.05, 3.63) is 41.1 Å². The fraction of sp³-hybridized carbons (Fsp3) is 0.308. The lowest BCUT2D eigenvalue weighted by Gasteiger charge is -2.10. The van der Waals surface area contributed by atoms with Crippen molar-refractivity contribution in [1.82, 2.24) is 4.98 Å². The van der Waals surface area contributed by atoms with Crippen LogP contribution in [-0.4, -0.2) is 10.1 Å². The molecule has 78 valence electrons. The Morgan fingerprint density at radius 2 is 1.93 bits per heavy atom. The molecule has 1 heterocycles. The van der Waals surface area contributed by atoms with Gasteiger partial charge in [0.1, 0.15) is 0 Å². The van der Waals surface area contributed by atoms with Gasteiger partial charge in [-0.05, 0) is 32.9 Å². The second-order valence-electron chi connectivity index (χ2n) is 4.05. The molecule has 0 saturated carbocycles. The second-order valence-corrected chi connectivity index (χ2v) is 4.05. The van der Waals surface area contributed by atoms with E-state index >= 15 is 0 Å². The molecule has 0 aliphatic carbocycles. The van der Waals surface area contributed by atoms with E-state index in [0.717, 1.165) is 27.7 Å². The van der Waals surface area contributed by atoms with Crippen molar-refractivity contribution in [3.63, 3.8) is 0 Å². The van der Waals surface area contributed by atoms with Gasteiger partial charge in [-0.15, -0.1) is 0 Å². The Morgan fingerprint density at radius 3 is 2.60 bits per heavy atom. The lowest BCUT2D eigenvalue weighted by molar-refractivity contribution is 0.200. The van der Waals surface area contributed by atoms with Crippen molar-refractivity contribution in [2.45, 2.75) is 26.9 Å². The molecule has 15 heavy (non-hydrogen) atoms. The molecule has 2 heteroatoms. The molecule has 1 atom stereocenters. The van der Waals surface area contributed by atoms with Crippen molar-refractivity contribution in [1.29, 1.82) is 0 Å². The number of nitrogens with zero attached hydrogens (tertiary/aromatic N) is 1. The molecule has 2 aromatic rings. The van der Waals surface area contributed by atoms with Crippen LogP contribution in [0.2, 0.25) is 0 Å². The molecule has 2 nitrogen and oxygen atoms in total. The number of pyridine rings is 1. The number of aromatic nitrogens is 1. The van der Waals surface area contributed by atoms with Gasteiger partial charge in [-0.3, -0.25) is 4.98 Å². The number of hydrogen-bond acceptors (Lipinski definition) is 2. The Labute approximate surface area is 89.6 Å². The Hall–Kier alpha value is -1.41. The van der Waals surface area contributed by atoms with E-state index < -0.39 is 6.10 Å². The maximum absolute atomic E-state index is 9.70. The van der Waals surface area contributed by atoms with Crippen LogP contribution in [0.5, 0.6) is 0 Å². The minimum atomic E-state index is -0.471. The molecule has 1 aromatic heterocycles. The lowest BCUT2D eigenvalue weighted by Crippen LogP contribution is -1.96. The van der Waals surface area contributed by atoms with Gasteiger partial charge in [0.15, 0.2) is 0 Å². The predicted octanol–water partition coefficient (Wildman–Crippen LogP) is 2.90. The van der Waals surface area contributed by atoms with E-state index in [9.17, 15) is 5.11 Å². The predicted molar refractivity (Wildman–Crippen MR) is 61.9 cm³/mol. The van der Waals surface area contributed by atoms with E-state index in [1.807, 2.05) is 26.0 Å². The molecular formula is C13H15NO. The number of aliphatic hydroxyl groups is 1. The van der Waals surface area contributed by atoms with Crippen molar-refractivity contribution >= 4 is 10.9 Å². The summed E-state index contributed by atoms with van der Waals surface area (Å²) in [5, 5.41) is 10.8. The summed E-state index contributed by atoms with van der Waals surface area (Å²) in [6.45, 7) is 5.77. The minimum absolute atomic E-state index is 0.471. The van der Waals surface area contributed by atoms with Crippen LogP contribution in [0.25, 0.3) is 10.9 Å². The molecule has 1 N–H and O–H groups in total. The molecule has 1 aromatic carbocycles. The quantitative estimate of drug-likeness (QED) is 0.769. The number of aliphatic hydroxyl groups excluding tert-OH is 1. The zero-order chi connectivity index (χ0) is 11.0. The van der Waals surface area contributed by atoms with Crippen LogP contribution in [0.15, 0.2) is 24.3 Å². The third kappa shape index (κ3) is 1.85. The summed E-state index contributed by atoms with van der Waals surface area (Å²) in [5.74, 6) is 0. The lowest BCUT2D eigenvalue weighted by atomic mass is 10.0. The standard InChI is InChI=1S/C13H15NO/c1-8-6-11-5-4-9(2)14-13(11)12(7-8)10(3)15/h4-7,10,15H,1-3H3. The third-order valence-corrected chi connectivity index (χ3v) is 2.56. The Kier molecular flexibility index (Phi) is 2.45. The van der Waals surface area contributed by atoms with Gasteiger partial charge < -0.3 is 5.11 Å². The molecule has 1 unspecified atom stereocenters. The van der Waals surface area contributed by atoms with Gasteiger partial charge in [-0.1, -0.05) is 17.7 Å². The number of rotatable bonds is 1. The highest BCUT2D eigenvalue weighted by atomic mass is 16.3. The summed E-state index contributed by atoms with van der Waals surface area (Å²) in [5.41, 5.74) is 3.96. The van der Waals surface area contributed by atoms with Gasteiger partial charge in [0.2, 0.25) is 0 Å². The average molecular weight is 201 g/mol. The third-order valence-electron chi connectivity index (χ3n) is 2.56. The van der Waals surface area contributed by atoms with Gasteiger partial charge in [-0.25, -0.2) is 0 Å². The van der Waals surface area contributed by atoms with Gasteiger partial charge in [0.05, 0.1) is 11.6 Å². The van der Waals surface area contributed by atoms with Crippen LogP contribution in [0.3, 0.4) is 0 Å². The summed E-state index contributed by atoms with van der Waals surface area (Å²) in [6, 6.07) is 8.14. The Bertz CT molecular complexity index is 503. The minimum Gasteiger partial charge on any atom is -0.389 e. The summed E-state index contributed by atoms with van der Waals surface area (Å²) >= 11 is 0. The van der Waals surface area contributed by atoms with Crippen LogP contribution in [0.4, 0.5) is 0 Å². The normalized spacial score (nSPS) is 13.1. The van der Waals surface area contributed by atoms with Crippen LogP contribution >= 0.6 is 0 Å². The van der Waals surface area contributed by atoms with E-state index in [-0.39, 0.29) is 0 Å². The highest BCUT2D eigenvalue weighted by molar-refractivity contribution is 5.83. The monoisotopic (exact) mass is 201 g/mol. The molecular weight excluding hydrogens is 186 g/mol. The van der Waals surface area contributed by atoms with Gasteiger partial charge in [-0.2, -0.15) is 0 Å². The molecule has 0 radical (unpaired) electrons. The summed E-state index contributed by atoms with van der Waals surface area (Å²) < 4.78 is 0. The fourth-order valence-corrected chi connectivity index (χ4v) is 1.83. The summed E-state index contributed by atoms with van der Waals surface area (Å²) in [7, 11) is 0. The van der Waals surface area contributed by atoms with E-state index in [4.69, 9.17) is 0 Å². The molecule has 0 fully saturated rings. The molecule has 0 amide bonds. The average Bonchev–Trinajstić information content (AvgIpc) is 2.17. The highest BCUT2D eigenvalue weighted by Crippen LogP contribution is 2.24. The SMILES string of the molecule is Cc1cc(C(C)O)c2nc(C)ccc2c1. The van der Waals surface area contributed by atoms with E-state index in [1.54, 1.807) is 6.92 Å². The van der Waals surface area contributed by atoms with Crippen molar-refractivity contribution < 1.29 is 5.11 Å². The van der Waals surface area contributed by atoms with E-state index in [1.165, 1.54) is 0 Å². The van der Waals surface area contributed by atoms with Crippen LogP contribution in [-0.2, 0) is 0 Å². The first kappa shape index (κ1) is 10.1. The van der Waals surface area contributed by atoms with E-state index in [2.05, 4.69) is 17.1 Å². The molecule has 2 rings (SSSR count). The zero-order valence-corrected chi connectivity index (χ0v) is 9.28. The number of aryl methyl sites for hydroxylation is 2. The first-order valence-electron chi connectivity index (χ1n) is 5.14. The zero-order valence-electron chi connectivity index (χ0n) is 9.28. The topological polar surface area (TPSA) is 33.1 Å². The first-order chi connectivity index (χ1) is 7.08. The van der Waals surface area contributed by atoms with Crippen molar-refractivity contribution in [2.75, 3.05) is 0 Å². The van der Waals surface area contributed by atoms with Gasteiger partial charge in [0, 0.05) is 16.6 Å². The summed E-state index contributed by atoms with van der Waals surface area (Å²) in [4.78, 5) is 4.48. The molecule has 0 aliphatic heterocycles. The second kappa shape index (κ2) is 3.63. The largest absolute Gasteiger partial charge is 0.389 e. The molecule has 0 spiro atoms. The molecule has 0 saturated heterocycles. The van der Waals surface area contributed by atoms with Crippen molar-refractivity contribution in [3.8, 4) is 0 Å². The maximum atomic E-state index is 9.70. The van der Waals surface area contributed by atoms with Crippen LogP contribution in [0, 0.1) is 13.8 Å². The molecule has 0 aliphatic rings.